The Morgan fingerprint density at radius 2 is 1.75 bits per heavy atom. The molecule has 1 aliphatic rings. The number of aryl methyl sites for hydroxylation is 2. The molecule has 0 aliphatic carbocycles. The Bertz CT molecular complexity index is 1010. The summed E-state index contributed by atoms with van der Waals surface area (Å²) in [5.41, 5.74) is 4.87. The van der Waals surface area contributed by atoms with Crippen molar-refractivity contribution in [1.29, 1.82) is 0 Å². The summed E-state index contributed by atoms with van der Waals surface area (Å²) in [4.78, 5) is 15.0. The number of benzene rings is 2. The molecule has 0 bridgehead atoms. The highest BCUT2D eigenvalue weighted by Gasteiger charge is 2.25. The van der Waals surface area contributed by atoms with E-state index in [4.69, 9.17) is 9.84 Å². The molecule has 1 fully saturated rings. The molecule has 6 heteroatoms. The molecule has 2 heterocycles. The largest absolute Gasteiger partial charge is 0.378 e. The van der Waals surface area contributed by atoms with E-state index in [2.05, 4.69) is 0 Å². The van der Waals surface area contributed by atoms with Crippen LogP contribution in [0.1, 0.15) is 21.6 Å². The first-order chi connectivity index (χ1) is 13.5. The molecule has 3 aromatic rings. The lowest BCUT2D eigenvalue weighted by Gasteiger charge is -2.27. The molecule has 0 spiro atoms. The second kappa shape index (κ2) is 7.56. The first-order valence-electron chi connectivity index (χ1n) is 9.33. The maximum Gasteiger partial charge on any atom is 0.272 e. The number of carbonyl (C=O) groups excluding carboxylic acids is 1. The summed E-state index contributed by atoms with van der Waals surface area (Å²) in [5, 5.41) is 4.71. The molecule has 2 aromatic carbocycles. The summed E-state index contributed by atoms with van der Waals surface area (Å²) in [7, 11) is 0. The molecule has 0 unspecified atom stereocenters. The van der Waals surface area contributed by atoms with E-state index in [1.54, 1.807) is 27.8 Å². The summed E-state index contributed by atoms with van der Waals surface area (Å²) in [6.07, 6.45) is 0. The van der Waals surface area contributed by atoms with Crippen molar-refractivity contribution >= 4 is 5.91 Å². The molecule has 0 atom stereocenters. The number of ether oxygens (including phenoxy) is 1. The number of hydrogen-bond donors (Lipinski definition) is 0. The lowest BCUT2D eigenvalue weighted by Crippen LogP contribution is -2.41. The van der Waals surface area contributed by atoms with E-state index in [9.17, 15) is 9.18 Å². The molecule has 1 aromatic heterocycles. The van der Waals surface area contributed by atoms with Crippen molar-refractivity contribution in [2.24, 2.45) is 0 Å². The second-order valence-corrected chi connectivity index (χ2v) is 7.03. The highest BCUT2D eigenvalue weighted by molar-refractivity contribution is 5.94. The molecular formula is C22H22FN3O2. The van der Waals surface area contributed by atoms with Crippen molar-refractivity contribution in [3.05, 3.63) is 71.2 Å². The number of morpholine rings is 1. The molecule has 4 rings (SSSR count). The number of hydrogen-bond acceptors (Lipinski definition) is 3. The Balaban J connectivity index is 1.83. The van der Waals surface area contributed by atoms with Crippen LogP contribution in [0, 0.1) is 19.7 Å². The van der Waals surface area contributed by atoms with E-state index in [0.29, 0.717) is 37.7 Å². The van der Waals surface area contributed by atoms with Gasteiger partial charge >= 0.3 is 0 Å². The minimum atomic E-state index is -0.303. The molecule has 1 amide bonds. The number of carbonyl (C=O) groups is 1. The summed E-state index contributed by atoms with van der Waals surface area (Å²) in [6.45, 7) is 6.20. The molecule has 144 valence electrons. The average molecular weight is 379 g/mol. The van der Waals surface area contributed by atoms with E-state index < -0.39 is 0 Å². The van der Waals surface area contributed by atoms with Gasteiger partial charge in [-0.25, -0.2) is 9.07 Å². The van der Waals surface area contributed by atoms with E-state index in [1.807, 2.05) is 32.0 Å². The van der Waals surface area contributed by atoms with Crippen LogP contribution >= 0.6 is 0 Å². The fraction of sp³-hybridized carbons (Fsp3) is 0.273. The molecule has 0 N–H and O–H groups in total. The van der Waals surface area contributed by atoms with Crippen molar-refractivity contribution in [2.45, 2.75) is 13.8 Å². The van der Waals surface area contributed by atoms with Gasteiger partial charge in [-0.2, -0.15) is 5.10 Å². The van der Waals surface area contributed by atoms with Gasteiger partial charge in [-0.1, -0.05) is 12.1 Å². The minimum absolute atomic E-state index is 0.0786. The normalized spacial score (nSPS) is 14.3. The molecule has 28 heavy (non-hydrogen) atoms. The van der Waals surface area contributed by atoms with Gasteiger partial charge in [-0.3, -0.25) is 4.79 Å². The zero-order valence-corrected chi connectivity index (χ0v) is 16.0. The van der Waals surface area contributed by atoms with E-state index in [0.717, 1.165) is 22.4 Å². The lowest BCUT2D eigenvalue weighted by atomic mass is 10.1. The Morgan fingerprint density at radius 1 is 1.04 bits per heavy atom. The van der Waals surface area contributed by atoms with Crippen LogP contribution in [0.2, 0.25) is 0 Å². The van der Waals surface area contributed by atoms with Crippen LogP contribution in [0.15, 0.2) is 48.5 Å². The van der Waals surface area contributed by atoms with Gasteiger partial charge in [-0.05, 0) is 61.4 Å². The predicted molar refractivity (Wildman–Crippen MR) is 105 cm³/mol. The quantitative estimate of drug-likeness (QED) is 0.696. The number of halogens is 1. The molecule has 5 nitrogen and oxygen atoms in total. The maximum atomic E-state index is 13.3. The van der Waals surface area contributed by atoms with Crippen LogP contribution in [-0.2, 0) is 4.74 Å². The first kappa shape index (κ1) is 18.4. The third-order valence-corrected chi connectivity index (χ3v) is 4.96. The van der Waals surface area contributed by atoms with Gasteiger partial charge in [-0.15, -0.1) is 0 Å². The molecular weight excluding hydrogens is 357 g/mol. The standard InChI is InChI=1S/C22H22FN3O2/c1-15-3-4-16(2)20(13-15)26-21(22(27)25-9-11-28-12-10-25)14-19(24-26)17-5-7-18(23)8-6-17/h3-8,13-14H,9-12H2,1-2H3. The van der Waals surface area contributed by atoms with Gasteiger partial charge in [0.15, 0.2) is 0 Å². The molecule has 0 saturated carbocycles. The second-order valence-electron chi connectivity index (χ2n) is 7.03. The van der Waals surface area contributed by atoms with Crippen LogP contribution in [0.4, 0.5) is 4.39 Å². The zero-order chi connectivity index (χ0) is 19.7. The number of aromatic nitrogens is 2. The van der Waals surface area contributed by atoms with Gasteiger partial charge in [0.25, 0.3) is 5.91 Å². The Morgan fingerprint density at radius 3 is 2.46 bits per heavy atom. The van der Waals surface area contributed by atoms with Crippen molar-refractivity contribution in [3.8, 4) is 16.9 Å². The summed E-state index contributed by atoms with van der Waals surface area (Å²) in [5.74, 6) is -0.382. The third kappa shape index (κ3) is 3.55. The predicted octanol–water partition coefficient (Wildman–Crippen LogP) is 3.77. The van der Waals surface area contributed by atoms with Gasteiger partial charge in [0.2, 0.25) is 0 Å². The molecule has 1 saturated heterocycles. The number of rotatable bonds is 3. The van der Waals surface area contributed by atoms with E-state index in [1.165, 1.54) is 12.1 Å². The monoisotopic (exact) mass is 379 g/mol. The summed E-state index contributed by atoms with van der Waals surface area (Å²) in [6, 6.07) is 14.0. The average Bonchev–Trinajstić information content (AvgIpc) is 3.15. The third-order valence-electron chi connectivity index (χ3n) is 4.96. The fourth-order valence-corrected chi connectivity index (χ4v) is 3.35. The van der Waals surface area contributed by atoms with Crippen LogP contribution in [0.5, 0.6) is 0 Å². The Labute approximate surface area is 163 Å². The van der Waals surface area contributed by atoms with Crippen molar-refractivity contribution in [3.63, 3.8) is 0 Å². The van der Waals surface area contributed by atoms with Gasteiger partial charge < -0.3 is 9.64 Å². The van der Waals surface area contributed by atoms with Crippen LogP contribution in [-0.4, -0.2) is 46.9 Å². The molecule has 1 aliphatic heterocycles. The Hall–Kier alpha value is -2.99. The maximum absolute atomic E-state index is 13.3. The van der Waals surface area contributed by atoms with Crippen LogP contribution in [0.25, 0.3) is 16.9 Å². The number of nitrogens with zero attached hydrogens (tertiary/aromatic N) is 3. The smallest absolute Gasteiger partial charge is 0.272 e. The summed E-state index contributed by atoms with van der Waals surface area (Å²) < 4.78 is 20.4. The van der Waals surface area contributed by atoms with Crippen LogP contribution < -0.4 is 0 Å². The highest BCUT2D eigenvalue weighted by atomic mass is 19.1. The lowest BCUT2D eigenvalue weighted by molar-refractivity contribution is 0.0297. The highest BCUT2D eigenvalue weighted by Crippen LogP contribution is 2.25. The van der Waals surface area contributed by atoms with Crippen molar-refractivity contribution in [2.75, 3.05) is 26.3 Å². The van der Waals surface area contributed by atoms with E-state index in [-0.39, 0.29) is 11.7 Å². The fourth-order valence-electron chi connectivity index (χ4n) is 3.35. The molecule has 0 radical (unpaired) electrons. The Kier molecular flexibility index (Phi) is 4.96. The zero-order valence-electron chi connectivity index (χ0n) is 16.0. The van der Waals surface area contributed by atoms with Crippen molar-refractivity contribution < 1.29 is 13.9 Å². The summed E-state index contributed by atoms with van der Waals surface area (Å²) >= 11 is 0. The van der Waals surface area contributed by atoms with Gasteiger partial charge in [0.1, 0.15) is 11.5 Å². The van der Waals surface area contributed by atoms with Gasteiger partial charge in [0.05, 0.1) is 24.6 Å². The van der Waals surface area contributed by atoms with Gasteiger partial charge in [0, 0.05) is 18.7 Å². The topological polar surface area (TPSA) is 47.4 Å². The van der Waals surface area contributed by atoms with Crippen molar-refractivity contribution in [1.82, 2.24) is 14.7 Å². The number of amides is 1. The SMILES string of the molecule is Cc1ccc(C)c(-n2nc(-c3ccc(F)cc3)cc2C(=O)N2CCOCC2)c1. The van der Waals surface area contributed by atoms with E-state index >= 15 is 0 Å². The minimum Gasteiger partial charge on any atom is -0.378 e. The first-order valence-corrected chi connectivity index (χ1v) is 9.33. The van der Waals surface area contributed by atoms with Crippen LogP contribution in [0.3, 0.4) is 0 Å².